The summed E-state index contributed by atoms with van der Waals surface area (Å²) in [6.07, 6.45) is 1.37. The smallest absolute Gasteiger partial charge is 0.255 e. The number of ether oxygens (including phenoxy) is 3. The number of amides is 1. The van der Waals surface area contributed by atoms with Gasteiger partial charge in [0.15, 0.2) is 11.5 Å². The number of rotatable bonds is 6. The van der Waals surface area contributed by atoms with Gasteiger partial charge < -0.3 is 19.5 Å². The molecule has 8 nitrogen and oxygen atoms in total. The Bertz CT molecular complexity index is 613. The zero-order valence-electron chi connectivity index (χ0n) is 12.0. The molecule has 0 unspecified atom stereocenters. The molecule has 0 spiro atoms. The summed E-state index contributed by atoms with van der Waals surface area (Å²) in [4.78, 5) is 16.2. The van der Waals surface area contributed by atoms with Crippen LogP contribution in [0.15, 0.2) is 18.5 Å². The van der Waals surface area contributed by atoms with Crippen LogP contribution in [0.1, 0.15) is 16.2 Å². The van der Waals surface area contributed by atoms with Crippen LogP contribution < -0.4 is 19.5 Å². The van der Waals surface area contributed by atoms with Crippen molar-refractivity contribution >= 4 is 5.91 Å². The Balaban J connectivity index is 2.23. The average Bonchev–Trinajstić information content (AvgIpc) is 3.04. The SMILES string of the molecule is COc1ccc(C(=O)NCc2ncn[nH]2)c(OC)c1OC. The third-order valence-electron chi connectivity index (χ3n) is 2.83. The van der Waals surface area contributed by atoms with Crippen LogP contribution in [0.5, 0.6) is 17.2 Å². The van der Waals surface area contributed by atoms with Crippen LogP contribution in [0.3, 0.4) is 0 Å². The van der Waals surface area contributed by atoms with Crippen molar-refractivity contribution in [2.75, 3.05) is 21.3 Å². The molecule has 1 aromatic carbocycles. The highest BCUT2D eigenvalue weighted by atomic mass is 16.5. The molecule has 21 heavy (non-hydrogen) atoms. The van der Waals surface area contributed by atoms with E-state index in [4.69, 9.17) is 14.2 Å². The molecule has 112 valence electrons. The summed E-state index contributed by atoms with van der Waals surface area (Å²) in [6.45, 7) is 0.232. The highest BCUT2D eigenvalue weighted by molar-refractivity contribution is 5.98. The van der Waals surface area contributed by atoms with Gasteiger partial charge >= 0.3 is 0 Å². The minimum Gasteiger partial charge on any atom is -0.493 e. The van der Waals surface area contributed by atoms with Gasteiger partial charge in [0, 0.05) is 0 Å². The highest BCUT2D eigenvalue weighted by Gasteiger charge is 2.20. The second kappa shape index (κ2) is 6.60. The van der Waals surface area contributed by atoms with Gasteiger partial charge in [-0.05, 0) is 12.1 Å². The van der Waals surface area contributed by atoms with E-state index in [2.05, 4.69) is 20.5 Å². The molecule has 0 aliphatic carbocycles. The van der Waals surface area contributed by atoms with E-state index in [9.17, 15) is 4.79 Å². The number of methoxy groups -OCH3 is 3. The summed E-state index contributed by atoms with van der Waals surface area (Å²) in [5, 5.41) is 9.09. The van der Waals surface area contributed by atoms with Crippen molar-refractivity contribution in [3.63, 3.8) is 0 Å². The van der Waals surface area contributed by atoms with Crippen LogP contribution in [0, 0.1) is 0 Å². The molecule has 0 saturated heterocycles. The van der Waals surface area contributed by atoms with E-state index in [1.54, 1.807) is 12.1 Å². The fourth-order valence-corrected chi connectivity index (χ4v) is 1.86. The molecule has 1 aromatic heterocycles. The normalized spacial score (nSPS) is 10.0. The Morgan fingerprint density at radius 1 is 1.19 bits per heavy atom. The predicted octanol–water partition coefficient (Wildman–Crippen LogP) is 0.760. The van der Waals surface area contributed by atoms with E-state index in [1.807, 2.05) is 0 Å². The lowest BCUT2D eigenvalue weighted by Crippen LogP contribution is -2.24. The molecule has 0 aliphatic rings. The first-order valence-electron chi connectivity index (χ1n) is 6.12. The van der Waals surface area contributed by atoms with Crippen LogP contribution in [-0.2, 0) is 6.54 Å². The number of benzene rings is 1. The van der Waals surface area contributed by atoms with Crippen LogP contribution in [0.25, 0.3) is 0 Å². The number of aromatic nitrogens is 3. The molecule has 2 N–H and O–H groups in total. The third-order valence-corrected chi connectivity index (χ3v) is 2.83. The molecule has 1 amide bonds. The maximum Gasteiger partial charge on any atom is 0.255 e. The summed E-state index contributed by atoms with van der Waals surface area (Å²) in [6, 6.07) is 3.25. The van der Waals surface area contributed by atoms with Gasteiger partial charge in [-0.1, -0.05) is 0 Å². The lowest BCUT2D eigenvalue weighted by Gasteiger charge is -2.15. The van der Waals surface area contributed by atoms with Crippen molar-refractivity contribution in [2.45, 2.75) is 6.54 Å². The van der Waals surface area contributed by atoms with E-state index in [1.165, 1.54) is 27.7 Å². The van der Waals surface area contributed by atoms with Crippen molar-refractivity contribution in [3.8, 4) is 17.2 Å². The molecular formula is C13H16N4O4. The number of hydrogen-bond acceptors (Lipinski definition) is 6. The first-order chi connectivity index (χ1) is 10.2. The average molecular weight is 292 g/mol. The lowest BCUT2D eigenvalue weighted by molar-refractivity contribution is 0.0946. The number of nitrogens with zero attached hydrogens (tertiary/aromatic N) is 2. The molecule has 0 fully saturated rings. The van der Waals surface area contributed by atoms with E-state index < -0.39 is 0 Å². The molecule has 2 aromatic rings. The quantitative estimate of drug-likeness (QED) is 0.815. The van der Waals surface area contributed by atoms with E-state index in [0.717, 1.165) is 0 Å². The zero-order chi connectivity index (χ0) is 15.2. The minimum atomic E-state index is -0.316. The first kappa shape index (κ1) is 14.6. The van der Waals surface area contributed by atoms with Gasteiger partial charge in [0.2, 0.25) is 5.75 Å². The van der Waals surface area contributed by atoms with Crippen LogP contribution in [-0.4, -0.2) is 42.4 Å². The van der Waals surface area contributed by atoms with Crippen LogP contribution in [0.4, 0.5) is 0 Å². The molecule has 2 rings (SSSR count). The van der Waals surface area contributed by atoms with Crippen molar-refractivity contribution in [1.29, 1.82) is 0 Å². The van der Waals surface area contributed by atoms with Crippen molar-refractivity contribution in [3.05, 3.63) is 29.8 Å². The number of carbonyl (C=O) groups is 1. The molecule has 0 radical (unpaired) electrons. The monoisotopic (exact) mass is 292 g/mol. The van der Waals surface area contributed by atoms with Gasteiger partial charge in [-0.3, -0.25) is 9.89 Å². The fourth-order valence-electron chi connectivity index (χ4n) is 1.86. The number of carbonyl (C=O) groups excluding carboxylic acids is 1. The summed E-state index contributed by atoms with van der Waals surface area (Å²) in [5.74, 6) is 1.41. The topological polar surface area (TPSA) is 98.4 Å². The summed E-state index contributed by atoms with van der Waals surface area (Å²) < 4.78 is 15.7. The van der Waals surface area contributed by atoms with Gasteiger partial charge in [-0.2, -0.15) is 5.10 Å². The number of nitrogens with one attached hydrogen (secondary N) is 2. The Kier molecular flexibility index (Phi) is 4.60. The predicted molar refractivity (Wildman–Crippen MR) is 73.7 cm³/mol. The van der Waals surface area contributed by atoms with Crippen molar-refractivity contribution in [1.82, 2.24) is 20.5 Å². The Morgan fingerprint density at radius 2 is 1.95 bits per heavy atom. The number of aromatic amines is 1. The highest BCUT2D eigenvalue weighted by Crippen LogP contribution is 2.39. The van der Waals surface area contributed by atoms with Crippen LogP contribution in [0.2, 0.25) is 0 Å². The molecule has 0 atom stereocenters. The van der Waals surface area contributed by atoms with Gasteiger partial charge in [-0.15, -0.1) is 0 Å². The largest absolute Gasteiger partial charge is 0.493 e. The second-order valence-electron chi connectivity index (χ2n) is 4.00. The minimum absolute atomic E-state index is 0.232. The van der Waals surface area contributed by atoms with Crippen molar-refractivity contribution in [2.24, 2.45) is 0 Å². The number of H-pyrrole nitrogens is 1. The summed E-state index contributed by atoms with van der Waals surface area (Å²) in [5.41, 5.74) is 0.342. The fraction of sp³-hybridized carbons (Fsp3) is 0.308. The van der Waals surface area contributed by atoms with Gasteiger partial charge in [0.25, 0.3) is 5.91 Å². The molecule has 0 aliphatic heterocycles. The zero-order valence-corrected chi connectivity index (χ0v) is 12.0. The Labute approximate surface area is 121 Å². The van der Waals surface area contributed by atoms with Gasteiger partial charge in [-0.25, -0.2) is 4.98 Å². The standard InChI is InChI=1S/C13H16N4O4/c1-19-9-5-4-8(11(20-2)12(9)21-3)13(18)14-6-10-15-7-16-17-10/h4-5,7H,6H2,1-3H3,(H,14,18)(H,15,16,17). The van der Waals surface area contributed by atoms with Gasteiger partial charge in [0.05, 0.1) is 33.4 Å². The number of hydrogen-bond donors (Lipinski definition) is 2. The molecular weight excluding hydrogens is 276 g/mol. The third kappa shape index (κ3) is 3.04. The van der Waals surface area contributed by atoms with Crippen LogP contribution >= 0.6 is 0 Å². The van der Waals surface area contributed by atoms with E-state index in [0.29, 0.717) is 28.6 Å². The molecule has 8 heteroatoms. The lowest BCUT2D eigenvalue weighted by atomic mass is 10.1. The summed E-state index contributed by atoms with van der Waals surface area (Å²) >= 11 is 0. The Morgan fingerprint density at radius 3 is 2.52 bits per heavy atom. The van der Waals surface area contributed by atoms with E-state index >= 15 is 0 Å². The molecule has 0 saturated carbocycles. The maximum absolute atomic E-state index is 12.2. The maximum atomic E-state index is 12.2. The first-order valence-corrected chi connectivity index (χ1v) is 6.12. The van der Waals surface area contributed by atoms with E-state index in [-0.39, 0.29) is 12.5 Å². The summed E-state index contributed by atoms with van der Waals surface area (Å²) in [7, 11) is 4.46. The second-order valence-corrected chi connectivity index (χ2v) is 4.00. The molecule has 0 bridgehead atoms. The Hall–Kier alpha value is -2.77. The van der Waals surface area contributed by atoms with Gasteiger partial charge in [0.1, 0.15) is 12.2 Å². The molecule has 1 heterocycles. The van der Waals surface area contributed by atoms with Crippen molar-refractivity contribution < 1.29 is 19.0 Å².